The number of piperidine rings is 1. The summed E-state index contributed by atoms with van der Waals surface area (Å²) in [4.78, 5) is 13.1. The SMILES string of the molecule is Cc1ccc(C)c(NC(=O)c2cc(S(=O)(=O)N3CCCCC3)cs2)c1. The largest absolute Gasteiger partial charge is 0.321 e. The van der Waals surface area contributed by atoms with E-state index in [9.17, 15) is 13.2 Å². The quantitative estimate of drug-likeness (QED) is 0.880. The molecule has 1 aromatic carbocycles. The first kappa shape index (κ1) is 18.1. The maximum atomic E-state index is 12.7. The van der Waals surface area contributed by atoms with Gasteiger partial charge in [-0.3, -0.25) is 4.79 Å². The Balaban J connectivity index is 1.78. The molecule has 3 rings (SSSR count). The highest BCUT2D eigenvalue weighted by Crippen LogP contribution is 2.26. The van der Waals surface area contributed by atoms with Crippen molar-refractivity contribution < 1.29 is 13.2 Å². The van der Waals surface area contributed by atoms with Gasteiger partial charge in [-0.05, 0) is 49.9 Å². The van der Waals surface area contributed by atoms with Crippen molar-refractivity contribution in [2.45, 2.75) is 38.0 Å². The molecule has 1 aliphatic rings. The second-order valence-electron chi connectivity index (χ2n) is 6.38. The van der Waals surface area contributed by atoms with Crippen molar-refractivity contribution in [2.75, 3.05) is 18.4 Å². The summed E-state index contributed by atoms with van der Waals surface area (Å²) in [5, 5.41) is 4.43. The third-order valence-corrected chi connectivity index (χ3v) is 7.35. The minimum atomic E-state index is -3.50. The number of carbonyl (C=O) groups is 1. The molecule has 134 valence electrons. The van der Waals surface area contributed by atoms with E-state index < -0.39 is 10.0 Å². The Morgan fingerprint density at radius 1 is 1.12 bits per heavy atom. The highest BCUT2D eigenvalue weighted by molar-refractivity contribution is 7.89. The summed E-state index contributed by atoms with van der Waals surface area (Å²) in [7, 11) is -3.50. The van der Waals surface area contributed by atoms with Gasteiger partial charge >= 0.3 is 0 Å². The fourth-order valence-electron chi connectivity index (χ4n) is 2.88. The Hall–Kier alpha value is -1.70. The zero-order valence-electron chi connectivity index (χ0n) is 14.4. The first-order valence-corrected chi connectivity index (χ1v) is 10.7. The van der Waals surface area contributed by atoms with Crippen molar-refractivity contribution in [2.24, 2.45) is 0 Å². The number of hydrogen-bond donors (Lipinski definition) is 1. The van der Waals surface area contributed by atoms with Crippen LogP contribution in [-0.2, 0) is 10.0 Å². The van der Waals surface area contributed by atoms with Gasteiger partial charge in [0, 0.05) is 24.2 Å². The third kappa shape index (κ3) is 3.94. The number of anilines is 1. The van der Waals surface area contributed by atoms with Crippen LogP contribution in [0, 0.1) is 13.8 Å². The Labute approximate surface area is 152 Å². The standard InChI is InChI=1S/C18H22N2O3S2/c1-13-6-7-14(2)16(10-13)19-18(21)17-11-15(12-24-17)25(22,23)20-8-4-3-5-9-20/h6-7,10-12H,3-5,8-9H2,1-2H3,(H,19,21). The zero-order valence-corrected chi connectivity index (χ0v) is 16.0. The van der Waals surface area contributed by atoms with Crippen LogP contribution in [0.1, 0.15) is 40.1 Å². The van der Waals surface area contributed by atoms with Crippen LogP contribution >= 0.6 is 11.3 Å². The molecule has 2 heterocycles. The highest BCUT2D eigenvalue weighted by atomic mass is 32.2. The number of nitrogens with zero attached hydrogens (tertiary/aromatic N) is 1. The predicted molar refractivity (Wildman–Crippen MR) is 101 cm³/mol. The summed E-state index contributed by atoms with van der Waals surface area (Å²) in [6, 6.07) is 7.33. The Kier molecular flexibility index (Phi) is 5.27. The van der Waals surface area contributed by atoms with E-state index in [1.807, 2.05) is 32.0 Å². The normalized spacial score (nSPS) is 15.9. The summed E-state index contributed by atoms with van der Waals surface area (Å²) in [5.74, 6) is -0.279. The predicted octanol–water partition coefficient (Wildman–Crippen LogP) is 3.79. The molecule has 5 nitrogen and oxygen atoms in total. The number of hydrogen-bond acceptors (Lipinski definition) is 4. The van der Waals surface area contributed by atoms with Gasteiger partial charge in [0.25, 0.3) is 5.91 Å². The molecule has 0 atom stereocenters. The van der Waals surface area contributed by atoms with Gasteiger partial charge in [-0.2, -0.15) is 4.31 Å². The number of aryl methyl sites for hydroxylation is 2. The molecule has 1 saturated heterocycles. The van der Waals surface area contributed by atoms with E-state index in [2.05, 4.69) is 5.32 Å². The average Bonchev–Trinajstić information content (AvgIpc) is 3.10. The van der Waals surface area contributed by atoms with Gasteiger partial charge in [0.1, 0.15) is 0 Å². The molecule has 0 bridgehead atoms. The molecule has 0 radical (unpaired) electrons. The van der Waals surface area contributed by atoms with Gasteiger partial charge in [-0.15, -0.1) is 11.3 Å². The van der Waals surface area contributed by atoms with Crippen LogP contribution in [0.15, 0.2) is 34.5 Å². The summed E-state index contributed by atoms with van der Waals surface area (Å²) in [5.41, 5.74) is 2.77. The number of nitrogens with one attached hydrogen (secondary N) is 1. The summed E-state index contributed by atoms with van der Waals surface area (Å²) < 4.78 is 26.9. The zero-order chi connectivity index (χ0) is 18.0. The first-order valence-electron chi connectivity index (χ1n) is 8.35. The number of amides is 1. The van der Waals surface area contributed by atoms with E-state index in [1.54, 1.807) is 5.38 Å². The molecular weight excluding hydrogens is 356 g/mol. The molecule has 0 saturated carbocycles. The molecule has 0 aliphatic carbocycles. The maximum absolute atomic E-state index is 12.7. The van der Waals surface area contributed by atoms with Gasteiger partial charge in [-0.25, -0.2) is 8.42 Å². The lowest BCUT2D eigenvalue weighted by molar-refractivity contribution is 0.103. The Morgan fingerprint density at radius 2 is 1.84 bits per heavy atom. The van der Waals surface area contributed by atoms with Crippen molar-refractivity contribution in [3.8, 4) is 0 Å². The lowest BCUT2D eigenvalue weighted by Crippen LogP contribution is -2.35. The van der Waals surface area contributed by atoms with Crippen LogP contribution in [0.3, 0.4) is 0 Å². The fourth-order valence-corrected chi connectivity index (χ4v) is 5.56. The molecule has 1 fully saturated rings. The molecule has 0 spiro atoms. The van der Waals surface area contributed by atoms with Crippen LogP contribution in [0.5, 0.6) is 0 Å². The average molecular weight is 379 g/mol. The van der Waals surface area contributed by atoms with E-state index in [1.165, 1.54) is 10.4 Å². The van der Waals surface area contributed by atoms with Crippen LogP contribution in [0.25, 0.3) is 0 Å². The van der Waals surface area contributed by atoms with Crippen molar-refractivity contribution in [3.05, 3.63) is 45.6 Å². The molecule has 1 amide bonds. The van der Waals surface area contributed by atoms with Crippen LogP contribution < -0.4 is 5.32 Å². The Morgan fingerprint density at radius 3 is 2.56 bits per heavy atom. The van der Waals surface area contributed by atoms with E-state index >= 15 is 0 Å². The number of benzene rings is 1. The lowest BCUT2D eigenvalue weighted by atomic mass is 10.1. The number of sulfonamides is 1. The van der Waals surface area contributed by atoms with Gasteiger partial charge in [0.05, 0.1) is 9.77 Å². The molecular formula is C18H22N2O3S2. The summed E-state index contributed by atoms with van der Waals surface area (Å²) in [6.45, 7) is 5.00. The summed E-state index contributed by atoms with van der Waals surface area (Å²) >= 11 is 1.16. The van der Waals surface area contributed by atoms with E-state index in [0.717, 1.165) is 47.4 Å². The van der Waals surface area contributed by atoms with Gasteiger partial charge in [-0.1, -0.05) is 18.6 Å². The van der Waals surface area contributed by atoms with Crippen LogP contribution in [0.4, 0.5) is 5.69 Å². The molecule has 1 aromatic heterocycles. The van der Waals surface area contributed by atoms with Gasteiger partial charge < -0.3 is 5.32 Å². The van der Waals surface area contributed by atoms with Crippen LogP contribution in [0.2, 0.25) is 0 Å². The number of thiophene rings is 1. The highest BCUT2D eigenvalue weighted by Gasteiger charge is 2.27. The smallest absolute Gasteiger partial charge is 0.265 e. The van der Waals surface area contributed by atoms with E-state index in [0.29, 0.717) is 18.0 Å². The molecule has 25 heavy (non-hydrogen) atoms. The van der Waals surface area contributed by atoms with Crippen molar-refractivity contribution in [3.63, 3.8) is 0 Å². The second-order valence-corrected chi connectivity index (χ2v) is 9.23. The fraction of sp³-hybridized carbons (Fsp3) is 0.389. The number of rotatable bonds is 4. The van der Waals surface area contributed by atoms with E-state index in [-0.39, 0.29) is 10.8 Å². The van der Waals surface area contributed by atoms with Gasteiger partial charge in [0.2, 0.25) is 10.0 Å². The van der Waals surface area contributed by atoms with Crippen molar-refractivity contribution in [1.29, 1.82) is 0 Å². The molecule has 2 aromatic rings. The topological polar surface area (TPSA) is 66.5 Å². The Bertz CT molecular complexity index is 881. The minimum Gasteiger partial charge on any atom is -0.321 e. The first-order chi connectivity index (χ1) is 11.9. The van der Waals surface area contributed by atoms with Gasteiger partial charge in [0.15, 0.2) is 0 Å². The number of carbonyl (C=O) groups excluding carboxylic acids is 1. The minimum absolute atomic E-state index is 0.213. The van der Waals surface area contributed by atoms with Crippen molar-refractivity contribution in [1.82, 2.24) is 4.31 Å². The monoisotopic (exact) mass is 378 g/mol. The molecule has 1 aliphatic heterocycles. The van der Waals surface area contributed by atoms with Crippen LogP contribution in [-0.4, -0.2) is 31.7 Å². The third-order valence-electron chi connectivity index (χ3n) is 4.39. The molecule has 0 unspecified atom stereocenters. The summed E-state index contributed by atoms with van der Waals surface area (Å²) in [6.07, 6.45) is 2.85. The maximum Gasteiger partial charge on any atom is 0.265 e. The molecule has 1 N–H and O–H groups in total. The second kappa shape index (κ2) is 7.27. The van der Waals surface area contributed by atoms with Crippen molar-refractivity contribution >= 4 is 33.0 Å². The van der Waals surface area contributed by atoms with E-state index in [4.69, 9.17) is 0 Å². The molecule has 7 heteroatoms. The lowest BCUT2D eigenvalue weighted by Gasteiger charge is -2.25.